The van der Waals surface area contributed by atoms with Crippen molar-refractivity contribution in [1.29, 1.82) is 0 Å². The number of carbonyl (C=O) groups is 2. The van der Waals surface area contributed by atoms with Crippen molar-refractivity contribution in [2.24, 2.45) is 0 Å². The van der Waals surface area contributed by atoms with E-state index in [0.717, 1.165) is 5.69 Å². The number of para-hydroxylation sites is 1. The van der Waals surface area contributed by atoms with Crippen molar-refractivity contribution in [3.8, 4) is 17.1 Å². The van der Waals surface area contributed by atoms with Gasteiger partial charge < -0.3 is 14.6 Å². The fourth-order valence-electron chi connectivity index (χ4n) is 3.56. The second-order valence-corrected chi connectivity index (χ2v) is 7.30. The molecule has 0 bridgehead atoms. The number of nitrogens with one attached hydrogen (secondary N) is 1. The third-order valence-electron chi connectivity index (χ3n) is 5.17. The molecule has 1 N–H and O–H groups in total. The van der Waals surface area contributed by atoms with Crippen LogP contribution in [0.3, 0.4) is 0 Å². The third-order valence-corrected chi connectivity index (χ3v) is 5.17. The van der Waals surface area contributed by atoms with Crippen LogP contribution < -0.4 is 5.32 Å². The van der Waals surface area contributed by atoms with Gasteiger partial charge in [0.25, 0.3) is 5.91 Å². The minimum atomic E-state index is -0.0927. The number of rotatable bonds is 7. The van der Waals surface area contributed by atoms with Gasteiger partial charge in [-0.1, -0.05) is 24.3 Å². The number of aromatic nitrogens is 2. The minimum absolute atomic E-state index is 0.0371. The van der Waals surface area contributed by atoms with Gasteiger partial charge in [-0.05, 0) is 24.3 Å². The van der Waals surface area contributed by atoms with Crippen LogP contribution in [0.1, 0.15) is 10.5 Å². The Bertz CT molecular complexity index is 1030. The Labute approximate surface area is 180 Å². The maximum absolute atomic E-state index is 13.4. The van der Waals surface area contributed by atoms with Gasteiger partial charge in [0.05, 0.1) is 18.5 Å². The lowest BCUT2D eigenvalue weighted by atomic mass is 10.2. The van der Waals surface area contributed by atoms with Crippen molar-refractivity contribution < 1.29 is 14.0 Å². The smallest absolute Gasteiger partial charge is 0.272 e. The molecule has 3 aromatic rings. The lowest BCUT2D eigenvalue weighted by Gasteiger charge is -2.34. The van der Waals surface area contributed by atoms with Crippen LogP contribution in [-0.4, -0.2) is 70.7 Å². The summed E-state index contributed by atoms with van der Waals surface area (Å²) in [5.41, 5.74) is 1.89. The van der Waals surface area contributed by atoms with Crippen LogP contribution in [0, 0.1) is 0 Å². The number of benzene rings is 1. The molecular weight excluding hydrogens is 394 g/mol. The Morgan fingerprint density at radius 1 is 1.10 bits per heavy atom. The first kappa shape index (κ1) is 20.6. The molecular formula is C23H25N5O3. The normalized spacial score (nSPS) is 14.4. The summed E-state index contributed by atoms with van der Waals surface area (Å²) in [7, 11) is 0. The predicted octanol–water partition coefficient (Wildman–Crippen LogP) is 2.19. The summed E-state index contributed by atoms with van der Waals surface area (Å²) in [4.78, 5) is 29.1. The van der Waals surface area contributed by atoms with Gasteiger partial charge in [0.15, 0.2) is 5.76 Å². The number of hydrogen-bond donors (Lipinski definition) is 1. The highest BCUT2D eigenvalue weighted by Crippen LogP contribution is 2.23. The molecule has 1 fully saturated rings. The Morgan fingerprint density at radius 2 is 1.87 bits per heavy atom. The van der Waals surface area contributed by atoms with Crippen LogP contribution in [0.15, 0.2) is 71.9 Å². The van der Waals surface area contributed by atoms with E-state index in [1.54, 1.807) is 34.1 Å². The Morgan fingerprint density at radius 3 is 2.55 bits per heavy atom. The second-order valence-electron chi connectivity index (χ2n) is 7.30. The van der Waals surface area contributed by atoms with E-state index in [1.165, 1.54) is 0 Å². The number of piperazine rings is 1. The third kappa shape index (κ3) is 4.75. The molecule has 0 spiro atoms. The zero-order chi connectivity index (χ0) is 21.6. The molecule has 31 heavy (non-hydrogen) atoms. The lowest BCUT2D eigenvalue weighted by molar-refractivity contribution is -0.122. The molecule has 0 aliphatic carbocycles. The van der Waals surface area contributed by atoms with Gasteiger partial charge in [-0.15, -0.1) is 6.58 Å². The number of carbonyl (C=O) groups excluding carboxylic acids is 2. The van der Waals surface area contributed by atoms with Crippen molar-refractivity contribution in [1.82, 2.24) is 24.9 Å². The first-order valence-electron chi connectivity index (χ1n) is 10.2. The molecule has 3 heterocycles. The maximum atomic E-state index is 13.4. The van der Waals surface area contributed by atoms with E-state index in [2.05, 4.69) is 17.0 Å². The second kappa shape index (κ2) is 9.44. The summed E-state index contributed by atoms with van der Waals surface area (Å²) in [6, 6.07) is 15.0. The number of nitrogens with zero attached hydrogens (tertiary/aromatic N) is 4. The van der Waals surface area contributed by atoms with Crippen LogP contribution in [0.25, 0.3) is 17.1 Å². The number of hydrogen-bond acceptors (Lipinski definition) is 5. The van der Waals surface area contributed by atoms with E-state index >= 15 is 0 Å². The fourth-order valence-corrected chi connectivity index (χ4v) is 3.56. The molecule has 0 atom stereocenters. The summed E-state index contributed by atoms with van der Waals surface area (Å²) in [6.45, 7) is 6.74. The van der Waals surface area contributed by atoms with E-state index < -0.39 is 0 Å². The molecule has 1 aliphatic heterocycles. The van der Waals surface area contributed by atoms with E-state index in [4.69, 9.17) is 4.42 Å². The topological polar surface area (TPSA) is 83.6 Å². The van der Waals surface area contributed by atoms with Crippen molar-refractivity contribution in [3.63, 3.8) is 0 Å². The van der Waals surface area contributed by atoms with Gasteiger partial charge in [0, 0.05) is 38.8 Å². The minimum Gasteiger partial charge on any atom is -0.463 e. The standard InChI is InChI=1S/C23H25N5O3/c1-2-10-24-22(29)17-26-11-13-27(14-12-26)23(30)20-16-19(21-9-6-15-31-21)25-28(20)18-7-4-3-5-8-18/h2-9,15-16H,1,10-14,17H2,(H,24,29). The zero-order valence-corrected chi connectivity index (χ0v) is 17.2. The van der Waals surface area contributed by atoms with E-state index in [1.807, 2.05) is 41.3 Å². The van der Waals surface area contributed by atoms with Gasteiger partial charge in [-0.25, -0.2) is 4.68 Å². The highest BCUT2D eigenvalue weighted by Gasteiger charge is 2.27. The quantitative estimate of drug-likeness (QED) is 0.594. The molecule has 0 unspecified atom stereocenters. The lowest BCUT2D eigenvalue weighted by Crippen LogP contribution is -2.51. The van der Waals surface area contributed by atoms with E-state index in [0.29, 0.717) is 56.4 Å². The predicted molar refractivity (Wildman–Crippen MR) is 117 cm³/mol. The van der Waals surface area contributed by atoms with Crippen molar-refractivity contribution in [3.05, 3.63) is 73.1 Å². The van der Waals surface area contributed by atoms with Crippen LogP contribution in [0.4, 0.5) is 0 Å². The van der Waals surface area contributed by atoms with Gasteiger partial charge in [-0.3, -0.25) is 14.5 Å². The highest BCUT2D eigenvalue weighted by molar-refractivity contribution is 5.94. The van der Waals surface area contributed by atoms with Crippen molar-refractivity contribution in [2.75, 3.05) is 39.3 Å². The molecule has 8 heteroatoms. The Balaban J connectivity index is 1.50. The molecule has 2 amide bonds. The molecule has 160 valence electrons. The summed E-state index contributed by atoms with van der Waals surface area (Å²) in [6.07, 6.45) is 3.24. The zero-order valence-electron chi connectivity index (χ0n) is 17.2. The van der Waals surface area contributed by atoms with Crippen LogP contribution >= 0.6 is 0 Å². The van der Waals surface area contributed by atoms with Crippen LogP contribution in [0.5, 0.6) is 0 Å². The molecule has 4 rings (SSSR count). The summed E-state index contributed by atoms with van der Waals surface area (Å²) >= 11 is 0. The summed E-state index contributed by atoms with van der Waals surface area (Å²) < 4.78 is 7.14. The molecule has 0 saturated carbocycles. The van der Waals surface area contributed by atoms with Gasteiger partial charge in [0.2, 0.25) is 5.91 Å². The number of furan rings is 1. The van der Waals surface area contributed by atoms with Gasteiger partial charge in [-0.2, -0.15) is 5.10 Å². The molecule has 8 nitrogen and oxygen atoms in total. The van der Waals surface area contributed by atoms with E-state index in [-0.39, 0.29) is 11.8 Å². The van der Waals surface area contributed by atoms with Gasteiger partial charge >= 0.3 is 0 Å². The SMILES string of the molecule is C=CCNC(=O)CN1CCN(C(=O)c2cc(-c3ccco3)nn2-c2ccccc2)CC1. The molecule has 1 aliphatic rings. The molecule has 2 aromatic heterocycles. The Kier molecular flexibility index (Phi) is 6.28. The fraction of sp³-hybridized carbons (Fsp3) is 0.261. The van der Waals surface area contributed by atoms with E-state index in [9.17, 15) is 9.59 Å². The average Bonchev–Trinajstić information content (AvgIpc) is 3.48. The number of amides is 2. The highest BCUT2D eigenvalue weighted by atomic mass is 16.3. The van der Waals surface area contributed by atoms with Crippen LogP contribution in [-0.2, 0) is 4.79 Å². The first-order chi connectivity index (χ1) is 15.2. The summed E-state index contributed by atoms with van der Waals surface area (Å²) in [5, 5.41) is 7.41. The first-order valence-corrected chi connectivity index (χ1v) is 10.2. The Hall–Kier alpha value is -3.65. The molecule has 1 aromatic carbocycles. The van der Waals surface area contributed by atoms with Crippen LogP contribution in [0.2, 0.25) is 0 Å². The van der Waals surface area contributed by atoms with Gasteiger partial charge in [0.1, 0.15) is 11.4 Å². The molecule has 0 radical (unpaired) electrons. The van der Waals surface area contributed by atoms with Crippen molar-refractivity contribution >= 4 is 11.8 Å². The largest absolute Gasteiger partial charge is 0.463 e. The maximum Gasteiger partial charge on any atom is 0.272 e. The van der Waals surface area contributed by atoms with Crippen molar-refractivity contribution in [2.45, 2.75) is 0 Å². The summed E-state index contributed by atoms with van der Waals surface area (Å²) in [5.74, 6) is 0.480. The molecule has 1 saturated heterocycles. The monoisotopic (exact) mass is 419 g/mol. The average molecular weight is 419 g/mol.